The van der Waals surface area contributed by atoms with Crippen LogP contribution < -0.4 is 0 Å². The van der Waals surface area contributed by atoms with Gasteiger partial charge in [0.25, 0.3) is 0 Å². The molecular formula is C10H10ClNO. The average molecular weight is 196 g/mol. The van der Waals surface area contributed by atoms with Crippen molar-refractivity contribution in [2.24, 2.45) is 5.16 Å². The Morgan fingerprint density at radius 3 is 2.54 bits per heavy atom. The summed E-state index contributed by atoms with van der Waals surface area (Å²) in [5.41, 5.74) is 1.59. The number of nitrogens with zero attached hydrogens (tertiary/aromatic N) is 1. The lowest BCUT2D eigenvalue weighted by molar-refractivity contribution is 0.319. The van der Waals surface area contributed by atoms with E-state index >= 15 is 0 Å². The number of allylic oxidation sites excluding steroid dienone is 1. The summed E-state index contributed by atoms with van der Waals surface area (Å²) in [6.07, 6.45) is 3.58. The molecule has 0 aliphatic carbocycles. The smallest absolute Gasteiger partial charge is 0.0765 e. The molecule has 13 heavy (non-hydrogen) atoms. The van der Waals surface area contributed by atoms with Crippen molar-refractivity contribution in [1.82, 2.24) is 0 Å². The van der Waals surface area contributed by atoms with Crippen LogP contribution in [-0.4, -0.2) is 10.9 Å². The predicted octanol–water partition coefficient (Wildman–Crippen LogP) is 3.20. The number of oxime groups is 1. The van der Waals surface area contributed by atoms with Gasteiger partial charge < -0.3 is 5.21 Å². The van der Waals surface area contributed by atoms with Crippen molar-refractivity contribution in [3.8, 4) is 0 Å². The molecule has 0 amide bonds. The summed E-state index contributed by atoms with van der Waals surface area (Å²) in [5, 5.41) is 12.1. The van der Waals surface area contributed by atoms with Crippen molar-refractivity contribution in [3.63, 3.8) is 0 Å². The van der Waals surface area contributed by atoms with Gasteiger partial charge in [-0.3, -0.25) is 0 Å². The maximum absolute atomic E-state index is 8.37. The number of rotatable bonds is 2. The number of benzene rings is 1. The molecule has 0 aliphatic heterocycles. The van der Waals surface area contributed by atoms with E-state index in [1.165, 1.54) is 0 Å². The van der Waals surface area contributed by atoms with Crippen molar-refractivity contribution in [1.29, 1.82) is 0 Å². The van der Waals surface area contributed by atoms with Gasteiger partial charge in [-0.25, -0.2) is 0 Å². The molecule has 1 N–H and O–H groups in total. The topological polar surface area (TPSA) is 32.6 Å². The van der Waals surface area contributed by atoms with Gasteiger partial charge in [0.1, 0.15) is 0 Å². The molecule has 0 spiro atoms. The van der Waals surface area contributed by atoms with E-state index in [2.05, 4.69) is 5.16 Å². The second-order valence-corrected chi connectivity index (χ2v) is 3.06. The molecule has 0 unspecified atom stereocenters. The summed E-state index contributed by atoms with van der Waals surface area (Å²) in [4.78, 5) is 0. The van der Waals surface area contributed by atoms with Gasteiger partial charge >= 0.3 is 0 Å². The van der Waals surface area contributed by atoms with E-state index in [9.17, 15) is 0 Å². The zero-order chi connectivity index (χ0) is 9.68. The Kier molecular flexibility index (Phi) is 3.53. The van der Waals surface area contributed by atoms with Crippen molar-refractivity contribution in [3.05, 3.63) is 40.9 Å². The highest BCUT2D eigenvalue weighted by Gasteiger charge is 1.88. The third-order valence-electron chi connectivity index (χ3n) is 1.54. The third-order valence-corrected chi connectivity index (χ3v) is 1.80. The standard InChI is InChI=1S/C10H10ClNO/c1-8(12-13)2-3-9-4-6-10(11)7-5-9/h2-7,13H,1H3/b3-2+,12-8-. The van der Waals surface area contributed by atoms with Crippen LogP contribution in [0.25, 0.3) is 6.08 Å². The van der Waals surface area contributed by atoms with Crippen LogP contribution in [0.1, 0.15) is 12.5 Å². The Balaban J connectivity index is 2.75. The van der Waals surface area contributed by atoms with Gasteiger partial charge in [0.05, 0.1) is 5.71 Å². The fourth-order valence-electron chi connectivity index (χ4n) is 0.824. The molecule has 3 heteroatoms. The fraction of sp³-hybridized carbons (Fsp3) is 0.100. The molecule has 1 rings (SSSR count). The van der Waals surface area contributed by atoms with E-state index in [-0.39, 0.29) is 0 Å². The van der Waals surface area contributed by atoms with Crippen LogP contribution >= 0.6 is 11.6 Å². The summed E-state index contributed by atoms with van der Waals surface area (Å²) in [7, 11) is 0. The third kappa shape index (κ3) is 3.30. The minimum Gasteiger partial charge on any atom is -0.411 e. The Bertz CT molecular complexity index is 327. The molecule has 0 radical (unpaired) electrons. The summed E-state index contributed by atoms with van der Waals surface area (Å²) >= 11 is 5.71. The minimum absolute atomic E-state index is 0.565. The first-order chi connectivity index (χ1) is 6.22. The Morgan fingerprint density at radius 2 is 2.00 bits per heavy atom. The molecule has 1 aromatic carbocycles. The molecule has 0 aliphatic rings. The van der Waals surface area contributed by atoms with Crippen LogP contribution in [0.2, 0.25) is 5.02 Å². The maximum atomic E-state index is 8.37. The van der Waals surface area contributed by atoms with Crippen LogP contribution in [0.4, 0.5) is 0 Å². The molecule has 0 bridgehead atoms. The second-order valence-electron chi connectivity index (χ2n) is 2.63. The van der Waals surface area contributed by atoms with Crippen LogP contribution in [0.5, 0.6) is 0 Å². The molecule has 2 nitrogen and oxygen atoms in total. The maximum Gasteiger partial charge on any atom is 0.0765 e. The Morgan fingerprint density at radius 1 is 1.38 bits per heavy atom. The number of halogens is 1. The largest absolute Gasteiger partial charge is 0.411 e. The highest BCUT2D eigenvalue weighted by atomic mass is 35.5. The Hall–Kier alpha value is -1.28. The van der Waals surface area contributed by atoms with Gasteiger partial charge in [-0.1, -0.05) is 35.0 Å². The van der Waals surface area contributed by atoms with Gasteiger partial charge in [-0.15, -0.1) is 0 Å². The zero-order valence-corrected chi connectivity index (χ0v) is 7.99. The van der Waals surface area contributed by atoms with Gasteiger partial charge in [-0.2, -0.15) is 0 Å². The molecule has 0 aromatic heterocycles. The molecule has 0 saturated heterocycles. The molecular weight excluding hydrogens is 186 g/mol. The number of hydrogen-bond donors (Lipinski definition) is 1. The monoisotopic (exact) mass is 195 g/mol. The average Bonchev–Trinajstić information content (AvgIpc) is 2.16. The van der Waals surface area contributed by atoms with E-state index < -0.39 is 0 Å². The molecule has 1 aromatic rings. The van der Waals surface area contributed by atoms with Crippen molar-refractivity contribution < 1.29 is 5.21 Å². The molecule has 0 saturated carbocycles. The van der Waals surface area contributed by atoms with Crippen LogP contribution in [0, 0.1) is 0 Å². The first-order valence-corrected chi connectivity index (χ1v) is 4.22. The van der Waals surface area contributed by atoms with Gasteiger partial charge in [-0.05, 0) is 30.7 Å². The van der Waals surface area contributed by atoms with E-state index in [1.807, 2.05) is 30.3 Å². The Labute approximate surface area is 82.1 Å². The molecule has 0 fully saturated rings. The normalized spacial score (nSPS) is 12.3. The zero-order valence-electron chi connectivity index (χ0n) is 7.24. The molecule has 0 atom stereocenters. The van der Waals surface area contributed by atoms with Crippen LogP contribution in [-0.2, 0) is 0 Å². The minimum atomic E-state index is 0.565. The molecule has 68 valence electrons. The summed E-state index contributed by atoms with van der Waals surface area (Å²) in [6, 6.07) is 7.41. The fourth-order valence-corrected chi connectivity index (χ4v) is 0.950. The lowest BCUT2D eigenvalue weighted by Gasteiger charge is -1.92. The van der Waals surface area contributed by atoms with Gasteiger partial charge in [0.15, 0.2) is 0 Å². The first-order valence-electron chi connectivity index (χ1n) is 3.84. The lowest BCUT2D eigenvalue weighted by Crippen LogP contribution is -1.82. The van der Waals surface area contributed by atoms with Crippen molar-refractivity contribution in [2.75, 3.05) is 0 Å². The van der Waals surface area contributed by atoms with Gasteiger partial charge in [0.2, 0.25) is 0 Å². The van der Waals surface area contributed by atoms with Crippen LogP contribution in [0.3, 0.4) is 0 Å². The van der Waals surface area contributed by atoms with Gasteiger partial charge in [0, 0.05) is 5.02 Å². The highest BCUT2D eigenvalue weighted by Crippen LogP contribution is 2.10. The summed E-state index contributed by atoms with van der Waals surface area (Å²) in [6.45, 7) is 1.71. The van der Waals surface area contributed by atoms with E-state index in [0.29, 0.717) is 10.7 Å². The van der Waals surface area contributed by atoms with Crippen LogP contribution in [0.15, 0.2) is 35.5 Å². The number of hydrogen-bond acceptors (Lipinski definition) is 2. The summed E-state index contributed by atoms with van der Waals surface area (Å²) in [5.74, 6) is 0. The molecule has 0 heterocycles. The van der Waals surface area contributed by atoms with Crippen molar-refractivity contribution in [2.45, 2.75) is 6.92 Å². The second kappa shape index (κ2) is 4.67. The quantitative estimate of drug-likeness (QED) is 0.439. The lowest BCUT2D eigenvalue weighted by atomic mass is 10.2. The van der Waals surface area contributed by atoms with E-state index in [4.69, 9.17) is 16.8 Å². The predicted molar refractivity (Wildman–Crippen MR) is 55.4 cm³/mol. The SMILES string of the molecule is CC(/C=C/c1ccc(Cl)cc1)=N/O. The van der Waals surface area contributed by atoms with E-state index in [1.54, 1.807) is 13.0 Å². The highest BCUT2D eigenvalue weighted by molar-refractivity contribution is 6.30. The van der Waals surface area contributed by atoms with Crippen molar-refractivity contribution >= 4 is 23.4 Å². The van der Waals surface area contributed by atoms with E-state index in [0.717, 1.165) is 5.56 Å². The summed E-state index contributed by atoms with van der Waals surface area (Å²) < 4.78 is 0. The first kappa shape index (κ1) is 9.81.